The number of hydrazine groups is 1. The van der Waals surface area contributed by atoms with Gasteiger partial charge in [-0.2, -0.15) is 0 Å². The van der Waals surface area contributed by atoms with Gasteiger partial charge >= 0.3 is 0 Å². The van der Waals surface area contributed by atoms with Gasteiger partial charge in [0.25, 0.3) is 5.69 Å². The van der Waals surface area contributed by atoms with Gasteiger partial charge in [0.1, 0.15) is 5.69 Å². The number of nitro groups is 1. The summed E-state index contributed by atoms with van der Waals surface area (Å²) in [6, 6.07) is 5.02. The number of nitrogens with one attached hydrogen (secondary N) is 1. The Hall–Kier alpha value is -1.70. The van der Waals surface area contributed by atoms with Crippen LogP contribution in [0, 0.1) is 10.1 Å². The lowest BCUT2D eigenvalue weighted by molar-refractivity contribution is -0.384. The highest BCUT2D eigenvalue weighted by Gasteiger charge is 2.25. The molecule has 7 nitrogen and oxygen atoms in total. The molecule has 1 aromatic rings. The van der Waals surface area contributed by atoms with Crippen molar-refractivity contribution in [2.45, 2.75) is 38.3 Å². The molecule has 0 aliphatic carbocycles. The van der Waals surface area contributed by atoms with Crippen LogP contribution >= 0.6 is 0 Å². The standard InChI is InChI=1S/C14H22N4O3/c1-14(19)5-2-7-17(8-6-14)10-11-3-4-12(16-15)13(9-11)18(20)21/h3-4,9,16,19H,2,5-8,10,15H2,1H3. The van der Waals surface area contributed by atoms with E-state index >= 15 is 0 Å². The first-order valence-electron chi connectivity index (χ1n) is 7.10. The Balaban J connectivity index is 2.09. The summed E-state index contributed by atoms with van der Waals surface area (Å²) >= 11 is 0. The van der Waals surface area contributed by atoms with Crippen molar-refractivity contribution < 1.29 is 10.0 Å². The van der Waals surface area contributed by atoms with Gasteiger partial charge in [-0.15, -0.1) is 0 Å². The molecule has 0 spiro atoms. The van der Waals surface area contributed by atoms with Crippen molar-refractivity contribution in [1.82, 2.24) is 4.90 Å². The van der Waals surface area contributed by atoms with E-state index in [-0.39, 0.29) is 5.69 Å². The summed E-state index contributed by atoms with van der Waals surface area (Å²) in [7, 11) is 0. The summed E-state index contributed by atoms with van der Waals surface area (Å²) < 4.78 is 0. The molecule has 1 fully saturated rings. The molecule has 1 saturated heterocycles. The molecule has 1 aliphatic rings. The molecule has 4 N–H and O–H groups in total. The number of nitro benzene ring substituents is 1. The number of nitrogen functional groups attached to an aromatic ring is 1. The molecule has 1 aromatic carbocycles. The number of nitrogens with zero attached hydrogens (tertiary/aromatic N) is 2. The summed E-state index contributed by atoms with van der Waals surface area (Å²) in [4.78, 5) is 12.8. The SMILES string of the molecule is CC1(O)CCCN(Cc2ccc(NN)c([N+](=O)[O-])c2)CC1. The van der Waals surface area contributed by atoms with E-state index in [2.05, 4.69) is 10.3 Å². The highest BCUT2D eigenvalue weighted by Crippen LogP contribution is 2.27. The van der Waals surface area contributed by atoms with E-state index in [4.69, 9.17) is 5.84 Å². The topological polar surface area (TPSA) is 105 Å². The molecule has 1 atom stereocenters. The molecule has 1 unspecified atom stereocenters. The molecule has 1 heterocycles. The van der Waals surface area contributed by atoms with Crippen molar-refractivity contribution in [2.24, 2.45) is 5.84 Å². The zero-order chi connectivity index (χ0) is 15.5. The molecule has 21 heavy (non-hydrogen) atoms. The van der Waals surface area contributed by atoms with E-state index in [0.29, 0.717) is 12.2 Å². The van der Waals surface area contributed by atoms with Crippen LogP contribution in [0.4, 0.5) is 11.4 Å². The van der Waals surface area contributed by atoms with Crippen molar-refractivity contribution >= 4 is 11.4 Å². The molecular weight excluding hydrogens is 272 g/mol. The Morgan fingerprint density at radius 2 is 2.24 bits per heavy atom. The van der Waals surface area contributed by atoms with E-state index in [1.165, 1.54) is 0 Å². The maximum Gasteiger partial charge on any atom is 0.293 e. The molecule has 0 radical (unpaired) electrons. The summed E-state index contributed by atoms with van der Waals surface area (Å²) in [6.07, 6.45) is 2.44. The zero-order valence-corrected chi connectivity index (χ0v) is 12.2. The van der Waals surface area contributed by atoms with Gasteiger partial charge in [0.15, 0.2) is 0 Å². The second kappa shape index (κ2) is 6.38. The maximum absolute atomic E-state index is 11.0. The molecule has 2 rings (SSSR count). The minimum Gasteiger partial charge on any atom is -0.390 e. The predicted molar refractivity (Wildman–Crippen MR) is 80.7 cm³/mol. The van der Waals surface area contributed by atoms with Crippen LogP contribution in [0.3, 0.4) is 0 Å². The normalized spacial score (nSPS) is 23.6. The first-order valence-corrected chi connectivity index (χ1v) is 7.10. The van der Waals surface area contributed by atoms with Crippen LogP contribution in [0.2, 0.25) is 0 Å². The molecule has 1 aliphatic heterocycles. The van der Waals surface area contributed by atoms with Gasteiger partial charge in [0.05, 0.1) is 10.5 Å². The third-order valence-electron chi connectivity index (χ3n) is 3.98. The van der Waals surface area contributed by atoms with Crippen LogP contribution in [0.1, 0.15) is 31.7 Å². The minimum atomic E-state index is -0.603. The lowest BCUT2D eigenvalue weighted by atomic mass is 9.98. The van der Waals surface area contributed by atoms with Crippen LogP contribution in [0.5, 0.6) is 0 Å². The Kier molecular flexibility index (Phi) is 4.76. The average Bonchev–Trinajstić information content (AvgIpc) is 2.60. The molecule has 0 saturated carbocycles. The second-order valence-electron chi connectivity index (χ2n) is 5.88. The zero-order valence-electron chi connectivity index (χ0n) is 12.2. The first-order chi connectivity index (χ1) is 9.91. The van der Waals surface area contributed by atoms with Crippen molar-refractivity contribution in [2.75, 3.05) is 18.5 Å². The number of likely N-dealkylation sites (tertiary alicyclic amines) is 1. The van der Waals surface area contributed by atoms with Gasteiger partial charge < -0.3 is 10.5 Å². The summed E-state index contributed by atoms with van der Waals surface area (Å²) in [5.74, 6) is 5.28. The largest absolute Gasteiger partial charge is 0.390 e. The van der Waals surface area contributed by atoms with E-state index in [0.717, 1.165) is 37.9 Å². The lowest BCUT2D eigenvalue weighted by Crippen LogP contribution is -2.28. The Morgan fingerprint density at radius 3 is 2.90 bits per heavy atom. The fraction of sp³-hybridized carbons (Fsp3) is 0.571. The van der Waals surface area contributed by atoms with Crippen LogP contribution in [0.15, 0.2) is 18.2 Å². The fourth-order valence-corrected chi connectivity index (χ4v) is 2.68. The molecule has 0 amide bonds. The molecule has 116 valence electrons. The highest BCUT2D eigenvalue weighted by atomic mass is 16.6. The Labute approximate surface area is 123 Å². The first kappa shape index (κ1) is 15.7. The number of anilines is 1. The Morgan fingerprint density at radius 1 is 1.48 bits per heavy atom. The monoisotopic (exact) mass is 294 g/mol. The van der Waals surface area contributed by atoms with Crippen LogP contribution in [-0.2, 0) is 6.54 Å². The van der Waals surface area contributed by atoms with Gasteiger partial charge in [-0.1, -0.05) is 6.07 Å². The summed E-state index contributed by atoms with van der Waals surface area (Å²) in [6.45, 7) is 4.18. The third kappa shape index (κ3) is 4.13. The van der Waals surface area contributed by atoms with Crippen molar-refractivity contribution in [3.05, 3.63) is 33.9 Å². The van der Waals surface area contributed by atoms with E-state index < -0.39 is 10.5 Å². The summed E-state index contributed by atoms with van der Waals surface area (Å²) in [5, 5.41) is 21.1. The van der Waals surface area contributed by atoms with Gasteiger partial charge in [0, 0.05) is 19.2 Å². The van der Waals surface area contributed by atoms with Gasteiger partial charge in [-0.3, -0.25) is 20.9 Å². The average molecular weight is 294 g/mol. The van der Waals surface area contributed by atoms with Crippen molar-refractivity contribution in [1.29, 1.82) is 0 Å². The second-order valence-corrected chi connectivity index (χ2v) is 5.88. The maximum atomic E-state index is 11.0. The van der Waals surface area contributed by atoms with Crippen LogP contribution in [0.25, 0.3) is 0 Å². The highest BCUT2D eigenvalue weighted by molar-refractivity contribution is 5.61. The van der Waals surface area contributed by atoms with Gasteiger partial charge in [-0.25, -0.2) is 0 Å². The lowest BCUT2D eigenvalue weighted by Gasteiger charge is -2.22. The quantitative estimate of drug-likeness (QED) is 0.443. The molecule has 0 aromatic heterocycles. The smallest absolute Gasteiger partial charge is 0.293 e. The molecular formula is C14H22N4O3. The number of rotatable bonds is 4. The number of hydrogen-bond acceptors (Lipinski definition) is 6. The van der Waals surface area contributed by atoms with Gasteiger partial charge in [-0.05, 0) is 44.4 Å². The predicted octanol–water partition coefficient (Wildman–Crippen LogP) is 1.62. The number of aliphatic hydroxyl groups is 1. The van der Waals surface area contributed by atoms with Crippen molar-refractivity contribution in [3.8, 4) is 0 Å². The number of hydrogen-bond donors (Lipinski definition) is 3. The van der Waals surface area contributed by atoms with E-state index in [1.54, 1.807) is 12.1 Å². The van der Waals surface area contributed by atoms with Gasteiger partial charge in [0.2, 0.25) is 0 Å². The fourth-order valence-electron chi connectivity index (χ4n) is 2.68. The van der Waals surface area contributed by atoms with E-state index in [9.17, 15) is 15.2 Å². The van der Waals surface area contributed by atoms with Crippen molar-refractivity contribution in [3.63, 3.8) is 0 Å². The third-order valence-corrected chi connectivity index (χ3v) is 3.98. The number of nitrogens with two attached hydrogens (primary N) is 1. The minimum absolute atomic E-state index is 0.0168. The van der Waals surface area contributed by atoms with Crippen LogP contribution in [-0.4, -0.2) is 33.6 Å². The van der Waals surface area contributed by atoms with E-state index in [1.807, 2.05) is 13.0 Å². The summed E-state index contributed by atoms with van der Waals surface area (Å²) in [5.41, 5.74) is 2.91. The number of benzene rings is 1. The molecule has 7 heteroatoms. The van der Waals surface area contributed by atoms with Crippen LogP contribution < -0.4 is 11.3 Å². The molecule has 0 bridgehead atoms. The Bertz CT molecular complexity index is 519.